The van der Waals surface area contributed by atoms with Crippen LogP contribution in [0.15, 0.2) is 35.8 Å². The van der Waals surface area contributed by atoms with Gasteiger partial charge in [0.25, 0.3) is 0 Å². The second-order valence-electron chi connectivity index (χ2n) is 6.38. The van der Waals surface area contributed by atoms with Crippen LogP contribution in [0.1, 0.15) is 16.4 Å². The predicted molar refractivity (Wildman–Crippen MR) is 99.0 cm³/mol. The van der Waals surface area contributed by atoms with E-state index in [0.717, 1.165) is 23.8 Å². The largest absolute Gasteiger partial charge is 0.477 e. The minimum Gasteiger partial charge on any atom is -0.477 e. The van der Waals surface area contributed by atoms with Gasteiger partial charge in [-0.05, 0) is 6.07 Å². The van der Waals surface area contributed by atoms with Crippen molar-refractivity contribution in [3.8, 4) is 5.13 Å². The van der Waals surface area contributed by atoms with Gasteiger partial charge in [-0.25, -0.2) is 23.8 Å². The van der Waals surface area contributed by atoms with Crippen molar-refractivity contribution >= 4 is 34.4 Å². The molecule has 1 N–H and O–H groups in total. The summed E-state index contributed by atoms with van der Waals surface area (Å²) in [7, 11) is 0. The lowest BCUT2D eigenvalue weighted by molar-refractivity contribution is 0.0695. The second-order valence-corrected chi connectivity index (χ2v) is 7.14. The van der Waals surface area contributed by atoms with Crippen molar-refractivity contribution in [3.05, 3.63) is 52.6 Å². The number of carboxylic acid groups (broad SMARTS) is 1. The van der Waals surface area contributed by atoms with Gasteiger partial charge in [-0.2, -0.15) is 4.37 Å². The maximum absolute atomic E-state index is 14.8. The van der Waals surface area contributed by atoms with E-state index in [0.29, 0.717) is 18.2 Å². The van der Waals surface area contributed by atoms with Gasteiger partial charge in [-0.1, -0.05) is 5.21 Å². The molecule has 0 spiro atoms. The van der Waals surface area contributed by atoms with E-state index in [1.165, 1.54) is 10.9 Å². The summed E-state index contributed by atoms with van der Waals surface area (Å²) in [5, 5.41) is 17.2. The number of pyridine rings is 2. The Balaban J connectivity index is 1.64. The molecule has 5 heterocycles. The van der Waals surface area contributed by atoms with Crippen molar-refractivity contribution < 1.29 is 14.3 Å². The predicted octanol–water partition coefficient (Wildman–Crippen LogP) is 0.727. The molecule has 0 aliphatic carbocycles. The Morgan fingerprint density at radius 1 is 1.34 bits per heavy atom. The first kappa shape index (κ1) is 17.4. The number of hydrogen-bond donors (Lipinski definition) is 1. The van der Waals surface area contributed by atoms with Gasteiger partial charge in [-0.3, -0.25) is 9.36 Å². The van der Waals surface area contributed by atoms with Crippen LogP contribution in [0.2, 0.25) is 0 Å². The van der Waals surface area contributed by atoms with E-state index < -0.39 is 22.8 Å². The normalized spacial score (nSPS) is 14.3. The Morgan fingerprint density at radius 3 is 2.83 bits per heavy atom. The van der Waals surface area contributed by atoms with Crippen LogP contribution in [0, 0.1) is 5.82 Å². The summed E-state index contributed by atoms with van der Waals surface area (Å²) in [6, 6.07) is 1.06. The van der Waals surface area contributed by atoms with Crippen molar-refractivity contribution in [1.82, 2.24) is 33.9 Å². The number of halogens is 1. The number of rotatable bonds is 4. The topological polar surface area (TPSA) is 132 Å². The van der Waals surface area contributed by atoms with Gasteiger partial charge in [0.2, 0.25) is 10.6 Å². The number of aromatic carboxylic acids is 1. The molecule has 0 amide bonds. The van der Waals surface area contributed by atoms with Crippen molar-refractivity contribution in [1.29, 1.82) is 0 Å². The standard InChI is InChI=1S/C16H11FN8O3S/c17-11-3-9-12(26)10(15(27)28)6-24(16-18-7-20-29-16)13(9)21-14(11)23-4-8(5-23)25-2-1-19-22-25/h1-3,6-8H,4-5H2,(H,27,28). The van der Waals surface area contributed by atoms with Gasteiger partial charge in [-0.15, -0.1) is 5.10 Å². The van der Waals surface area contributed by atoms with Crippen LogP contribution in [0.25, 0.3) is 16.2 Å². The van der Waals surface area contributed by atoms with Crippen LogP contribution in [-0.2, 0) is 0 Å². The number of carbonyl (C=O) groups is 1. The third-order valence-electron chi connectivity index (χ3n) is 4.68. The molecule has 5 rings (SSSR count). The van der Waals surface area contributed by atoms with E-state index in [-0.39, 0.29) is 22.9 Å². The van der Waals surface area contributed by atoms with Crippen LogP contribution in [0.4, 0.5) is 10.2 Å². The molecule has 4 aromatic heterocycles. The molecule has 0 atom stereocenters. The quantitative estimate of drug-likeness (QED) is 0.513. The Bertz CT molecular complexity index is 1280. The number of fused-ring (bicyclic) bond motifs is 1. The summed E-state index contributed by atoms with van der Waals surface area (Å²) in [6.07, 6.45) is 5.73. The average molecular weight is 414 g/mol. The number of nitrogens with zero attached hydrogens (tertiary/aromatic N) is 8. The van der Waals surface area contributed by atoms with Crippen molar-refractivity contribution in [2.45, 2.75) is 6.04 Å². The number of hydrogen-bond acceptors (Lipinski definition) is 9. The van der Waals surface area contributed by atoms with Crippen LogP contribution in [0.3, 0.4) is 0 Å². The fourth-order valence-corrected chi connectivity index (χ4v) is 3.73. The average Bonchev–Trinajstić information content (AvgIpc) is 3.35. The van der Waals surface area contributed by atoms with Gasteiger partial charge >= 0.3 is 5.97 Å². The first-order valence-electron chi connectivity index (χ1n) is 8.40. The van der Waals surface area contributed by atoms with Crippen molar-refractivity contribution in [3.63, 3.8) is 0 Å². The minimum atomic E-state index is -1.42. The zero-order chi connectivity index (χ0) is 20.1. The highest BCUT2D eigenvalue weighted by Crippen LogP contribution is 2.30. The third-order valence-corrected chi connectivity index (χ3v) is 5.34. The molecule has 0 unspecified atom stereocenters. The lowest BCUT2D eigenvalue weighted by Crippen LogP contribution is -2.48. The Kier molecular flexibility index (Phi) is 3.84. The maximum Gasteiger partial charge on any atom is 0.341 e. The summed E-state index contributed by atoms with van der Waals surface area (Å²) in [4.78, 5) is 34.1. The molecule has 0 bridgehead atoms. The van der Waals surface area contributed by atoms with Gasteiger partial charge in [0.1, 0.15) is 11.9 Å². The van der Waals surface area contributed by atoms with E-state index >= 15 is 0 Å². The van der Waals surface area contributed by atoms with E-state index in [1.807, 2.05) is 0 Å². The summed E-state index contributed by atoms with van der Waals surface area (Å²) in [6.45, 7) is 0.935. The van der Waals surface area contributed by atoms with Crippen molar-refractivity contribution in [2.24, 2.45) is 0 Å². The monoisotopic (exact) mass is 414 g/mol. The lowest BCUT2D eigenvalue weighted by atomic mass is 10.1. The van der Waals surface area contributed by atoms with Crippen LogP contribution >= 0.6 is 11.5 Å². The van der Waals surface area contributed by atoms with E-state index in [1.54, 1.807) is 22.0 Å². The zero-order valence-electron chi connectivity index (χ0n) is 14.5. The van der Waals surface area contributed by atoms with Gasteiger partial charge in [0.15, 0.2) is 17.3 Å². The molecule has 0 saturated carbocycles. The first-order chi connectivity index (χ1) is 14.0. The molecule has 146 valence electrons. The molecule has 1 saturated heterocycles. The molecule has 11 nitrogen and oxygen atoms in total. The minimum absolute atomic E-state index is 0.0362. The zero-order valence-corrected chi connectivity index (χ0v) is 15.3. The molecule has 4 aromatic rings. The van der Waals surface area contributed by atoms with Gasteiger partial charge < -0.3 is 10.0 Å². The highest BCUT2D eigenvalue weighted by Gasteiger charge is 2.32. The highest BCUT2D eigenvalue weighted by atomic mass is 32.1. The Labute approximate surface area is 164 Å². The summed E-state index contributed by atoms with van der Waals surface area (Å²) >= 11 is 0.995. The maximum atomic E-state index is 14.8. The Hall–Kier alpha value is -3.74. The molecule has 1 aliphatic heterocycles. The third kappa shape index (κ3) is 2.74. The fourth-order valence-electron chi connectivity index (χ4n) is 3.22. The SMILES string of the molecule is O=C(O)c1cn(-c2ncns2)c2nc(N3CC(n4ccnn4)C3)c(F)cc2c1=O. The highest BCUT2D eigenvalue weighted by molar-refractivity contribution is 7.08. The summed E-state index contributed by atoms with van der Waals surface area (Å²) < 4.78 is 21.7. The molecule has 0 radical (unpaired) electrons. The fraction of sp³-hybridized carbons (Fsp3) is 0.188. The molecule has 29 heavy (non-hydrogen) atoms. The number of carboxylic acids is 1. The molecule has 13 heteroatoms. The van der Waals surface area contributed by atoms with E-state index in [9.17, 15) is 19.1 Å². The summed E-state index contributed by atoms with van der Waals surface area (Å²) in [5.41, 5.74) is -1.20. The molecular formula is C16H11FN8O3S. The Morgan fingerprint density at radius 2 is 2.17 bits per heavy atom. The van der Waals surface area contributed by atoms with Crippen LogP contribution in [-0.4, -0.2) is 58.1 Å². The van der Waals surface area contributed by atoms with Gasteiger partial charge in [0.05, 0.1) is 17.6 Å². The lowest BCUT2D eigenvalue weighted by Gasteiger charge is -2.39. The number of aromatic nitrogens is 7. The van der Waals surface area contributed by atoms with E-state index in [2.05, 4.69) is 24.7 Å². The smallest absolute Gasteiger partial charge is 0.341 e. The molecular weight excluding hydrogens is 403 g/mol. The van der Waals surface area contributed by atoms with Crippen LogP contribution < -0.4 is 10.3 Å². The van der Waals surface area contributed by atoms with Gasteiger partial charge in [0, 0.05) is 37.0 Å². The molecule has 1 fully saturated rings. The number of anilines is 1. The van der Waals surface area contributed by atoms with Crippen LogP contribution in [0.5, 0.6) is 0 Å². The molecule has 0 aromatic carbocycles. The summed E-state index contributed by atoms with van der Waals surface area (Å²) in [5.74, 6) is -2.06. The molecule has 1 aliphatic rings. The van der Waals surface area contributed by atoms with E-state index in [4.69, 9.17) is 0 Å². The second kappa shape index (κ2) is 6.41. The van der Waals surface area contributed by atoms with Crippen molar-refractivity contribution in [2.75, 3.05) is 18.0 Å². The first-order valence-corrected chi connectivity index (χ1v) is 9.17.